The smallest absolute Gasteiger partial charge is 0.0935 e. The summed E-state index contributed by atoms with van der Waals surface area (Å²) in [6.45, 7) is 5.96. The third-order valence-corrected chi connectivity index (χ3v) is 3.79. The van der Waals surface area contributed by atoms with Gasteiger partial charge in [-0.2, -0.15) is 5.10 Å². The first-order valence-electron chi connectivity index (χ1n) is 6.00. The largest absolute Gasteiger partial charge is 0.364 e. The van der Waals surface area contributed by atoms with Crippen LogP contribution in [-0.4, -0.2) is 10.7 Å². The Bertz CT molecular complexity index is 632. The van der Waals surface area contributed by atoms with E-state index in [9.17, 15) is 0 Å². The van der Waals surface area contributed by atoms with Crippen molar-refractivity contribution >= 4 is 46.2 Å². The van der Waals surface area contributed by atoms with Crippen LogP contribution in [0.2, 0.25) is 15.1 Å². The van der Waals surface area contributed by atoms with Gasteiger partial charge in [0.15, 0.2) is 0 Å². The van der Waals surface area contributed by atoms with Crippen molar-refractivity contribution in [3.8, 4) is 0 Å². The van der Waals surface area contributed by atoms with E-state index in [1.54, 1.807) is 12.1 Å². The van der Waals surface area contributed by atoms with Gasteiger partial charge in [0.05, 0.1) is 21.4 Å². The number of anilines is 1. The van der Waals surface area contributed by atoms with Crippen LogP contribution in [0.1, 0.15) is 23.7 Å². The summed E-state index contributed by atoms with van der Waals surface area (Å²) in [5.41, 5.74) is 7.59. The van der Waals surface area contributed by atoms with Crippen LogP contribution in [0, 0.1) is 13.8 Å². The number of nitrogens with one attached hydrogen (secondary N) is 2. The molecular weight excluding hydrogens is 317 g/mol. The lowest BCUT2D eigenvalue weighted by Gasteiger charge is -2.08. The summed E-state index contributed by atoms with van der Waals surface area (Å²) in [5, 5.41) is 5.70. The molecule has 2 rings (SSSR count). The predicted molar refractivity (Wildman–Crippen MR) is 87.6 cm³/mol. The minimum absolute atomic E-state index is 0.432. The molecule has 106 valence electrons. The second-order valence-electron chi connectivity index (χ2n) is 4.53. The quantitative estimate of drug-likeness (QED) is 0.572. The average molecular weight is 331 g/mol. The number of benzene rings is 1. The van der Waals surface area contributed by atoms with E-state index in [2.05, 4.69) is 15.5 Å². The molecule has 1 heterocycles. The number of hydrogen-bond acceptors (Lipinski definition) is 2. The fraction of sp³-hybridized carbons (Fsp3) is 0.214. The number of aromatic amines is 1. The van der Waals surface area contributed by atoms with Crippen LogP contribution in [0.4, 0.5) is 5.69 Å². The second-order valence-corrected chi connectivity index (χ2v) is 5.78. The number of hydrogen-bond donors (Lipinski definition) is 2. The summed E-state index contributed by atoms with van der Waals surface area (Å²) >= 11 is 18.1. The summed E-state index contributed by atoms with van der Waals surface area (Å²) in [6.07, 6.45) is 1.95. The number of hydrazone groups is 1. The van der Waals surface area contributed by atoms with Crippen LogP contribution in [0.15, 0.2) is 23.4 Å². The van der Waals surface area contributed by atoms with Crippen LogP contribution in [0.25, 0.3) is 0 Å². The Balaban J connectivity index is 2.30. The molecule has 0 aliphatic rings. The molecule has 0 fully saturated rings. The minimum atomic E-state index is 0.432. The lowest BCUT2D eigenvalue weighted by atomic mass is 10.1. The van der Waals surface area contributed by atoms with Gasteiger partial charge in [0, 0.05) is 22.5 Å². The molecule has 2 N–H and O–H groups in total. The van der Waals surface area contributed by atoms with Crippen molar-refractivity contribution in [2.45, 2.75) is 20.8 Å². The Hall–Kier alpha value is -1.16. The lowest BCUT2D eigenvalue weighted by Crippen LogP contribution is -2.02. The van der Waals surface area contributed by atoms with E-state index in [4.69, 9.17) is 34.8 Å². The van der Waals surface area contributed by atoms with Crippen molar-refractivity contribution in [1.82, 2.24) is 4.98 Å². The fourth-order valence-electron chi connectivity index (χ4n) is 2.06. The number of H-pyrrole nitrogens is 1. The standard InChI is InChI=1S/C14H14Cl3N3/c1-7-6-18-8(2)13(7)9(3)19-20-14-11(16)4-10(15)5-12(14)17/h4-6,18,20H,1-3H3/b19-9+. The molecule has 3 nitrogen and oxygen atoms in total. The molecular formula is C14H14Cl3N3. The normalized spacial score (nSPS) is 11.8. The zero-order chi connectivity index (χ0) is 14.9. The van der Waals surface area contributed by atoms with Crippen molar-refractivity contribution < 1.29 is 0 Å². The number of rotatable bonds is 3. The van der Waals surface area contributed by atoms with Gasteiger partial charge in [-0.3, -0.25) is 5.43 Å². The average Bonchev–Trinajstić information content (AvgIpc) is 2.67. The van der Waals surface area contributed by atoms with Gasteiger partial charge in [-0.05, 0) is 38.5 Å². The first kappa shape index (κ1) is 15.2. The Morgan fingerprint density at radius 1 is 1.15 bits per heavy atom. The summed E-state index contributed by atoms with van der Waals surface area (Å²) in [5.74, 6) is 0. The molecule has 0 bridgehead atoms. The van der Waals surface area contributed by atoms with Crippen molar-refractivity contribution in [3.63, 3.8) is 0 Å². The van der Waals surface area contributed by atoms with E-state index in [0.717, 1.165) is 22.5 Å². The molecule has 0 aliphatic carbocycles. The van der Waals surface area contributed by atoms with Crippen LogP contribution in [-0.2, 0) is 0 Å². The second kappa shape index (κ2) is 6.08. The summed E-state index contributed by atoms with van der Waals surface area (Å²) in [7, 11) is 0. The third kappa shape index (κ3) is 3.11. The molecule has 1 aromatic carbocycles. The Morgan fingerprint density at radius 2 is 1.75 bits per heavy atom. The van der Waals surface area contributed by atoms with Gasteiger partial charge in [0.2, 0.25) is 0 Å². The zero-order valence-corrected chi connectivity index (χ0v) is 13.6. The summed E-state index contributed by atoms with van der Waals surface area (Å²) < 4.78 is 0. The Labute approximate surface area is 132 Å². The van der Waals surface area contributed by atoms with Crippen molar-refractivity contribution in [1.29, 1.82) is 0 Å². The number of aryl methyl sites for hydroxylation is 2. The molecule has 20 heavy (non-hydrogen) atoms. The molecule has 1 aromatic heterocycles. The molecule has 0 saturated carbocycles. The minimum Gasteiger partial charge on any atom is -0.364 e. The number of nitrogens with zero attached hydrogens (tertiary/aromatic N) is 1. The highest BCUT2D eigenvalue weighted by atomic mass is 35.5. The molecule has 2 aromatic rings. The van der Waals surface area contributed by atoms with Crippen molar-refractivity contribution in [2.75, 3.05) is 5.43 Å². The molecule has 0 unspecified atom stereocenters. The summed E-state index contributed by atoms with van der Waals surface area (Å²) in [6, 6.07) is 3.24. The zero-order valence-electron chi connectivity index (χ0n) is 11.3. The molecule has 0 atom stereocenters. The molecule has 0 amide bonds. The van der Waals surface area contributed by atoms with Gasteiger partial charge in [0.1, 0.15) is 0 Å². The lowest BCUT2D eigenvalue weighted by molar-refractivity contribution is 1.25. The first-order chi connectivity index (χ1) is 9.40. The maximum Gasteiger partial charge on any atom is 0.0935 e. The van der Waals surface area contributed by atoms with Gasteiger partial charge >= 0.3 is 0 Å². The van der Waals surface area contributed by atoms with E-state index in [1.807, 2.05) is 27.0 Å². The van der Waals surface area contributed by atoms with E-state index in [-0.39, 0.29) is 0 Å². The molecule has 0 spiro atoms. The third-order valence-electron chi connectivity index (χ3n) is 2.98. The number of aromatic nitrogens is 1. The highest BCUT2D eigenvalue weighted by Gasteiger charge is 2.10. The SMILES string of the molecule is C/C(=N\Nc1c(Cl)cc(Cl)cc1Cl)c1c(C)c[nH]c1C. The van der Waals surface area contributed by atoms with Crippen LogP contribution in [0.3, 0.4) is 0 Å². The maximum atomic E-state index is 6.10. The van der Waals surface area contributed by atoms with Gasteiger partial charge < -0.3 is 4.98 Å². The first-order valence-corrected chi connectivity index (χ1v) is 7.13. The predicted octanol–water partition coefficient (Wildman–Crippen LogP) is 5.43. The monoisotopic (exact) mass is 329 g/mol. The fourth-order valence-corrected chi connectivity index (χ4v) is 2.96. The van der Waals surface area contributed by atoms with Crippen LogP contribution in [0.5, 0.6) is 0 Å². The highest BCUT2D eigenvalue weighted by Crippen LogP contribution is 2.33. The molecule has 0 aliphatic heterocycles. The van der Waals surface area contributed by atoms with E-state index < -0.39 is 0 Å². The maximum absolute atomic E-state index is 6.10. The van der Waals surface area contributed by atoms with Gasteiger partial charge in [-0.15, -0.1) is 0 Å². The van der Waals surface area contributed by atoms with Gasteiger partial charge in [-0.25, -0.2) is 0 Å². The van der Waals surface area contributed by atoms with Gasteiger partial charge in [-0.1, -0.05) is 34.8 Å². The van der Waals surface area contributed by atoms with E-state index in [1.165, 1.54) is 0 Å². The Kier molecular flexibility index (Phi) is 4.63. The highest BCUT2D eigenvalue weighted by molar-refractivity contribution is 6.41. The molecule has 6 heteroatoms. The topological polar surface area (TPSA) is 40.2 Å². The summed E-state index contributed by atoms with van der Waals surface area (Å²) in [4.78, 5) is 3.17. The Morgan fingerprint density at radius 3 is 2.25 bits per heavy atom. The van der Waals surface area contributed by atoms with Crippen LogP contribution < -0.4 is 5.43 Å². The van der Waals surface area contributed by atoms with Crippen LogP contribution >= 0.6 is 34.8 Å². The van der Waals surface area contributed by atoms with Crippen molar-refractivity contribution in [2.24, 2.45) is 5.10 Å². The van der Waals surface area contributed by atoms with Crippen molar-refractivity contribution in [3.05, 3.63) is 50.2 Å². The molecule has 0 saturated heterocycles. The molecule has 0 radical (unpaired) electrons. The number of halogens is 3. The van der Waals surface area contributed by atoms with Gasteiger partial charge in [0.25, 0.3) is 0 Å². The van der Waals surface area contributed by atoms with E-state index in [0.29, 0.717) is 20.8 Å². The van der Waals surface area contributed by atoms with E-state index >= 15 is 0 Å².